The molecule has 0 heterocycles. The average molecular weight is 407 g/mol. The molecular weight excluding hydrogens is 376 g/mol. The summed E-state index contributed by atoms with van der Waals surface area (Å²) in [6.45, 7) is 3.63. The molecule has 0 aliphatic heterocycles. The third-order valence-corrected chi connectivity index (χ3v) is 6.01. The minimum Gasteiger partial charge on any atom is -0.455 e. The van der Waals surface area contributed by atoms with E-state index in [-0.39, 0.29) is 29.9 Å². The Hall–Kier alpha value is -2.02. The Labute approximate surface area is 171 Å². The smallest absolute Gasteiger partial charge is 0.316 e. The SMILES string of the molecule is Cc1ccc(NC(=O)COC(=O)CSCC(=O)N(C)C2CCCCC2)cc1C. The Morgan fingerprint density at radius 1 is 1.11 bits per heavy atom. The molecular formula is C21H30N2O4S. The van der Waals surface area contributed by atoms with Crippen molar-refractivity contribution in [2.24, 2.45) is 0 Å². The van der Waals surface area contributed by atoms with Gasteiger partial charge in [-0.25, -0.2) is 0 Å². The summed E-state index contributed by atoms with van der Waals surface area (Å²) in [6, 6.07) is 5.93. The minimum atomic E-state index is -0.492. The van der Waals surface area contributed by atoms with Crippen molar-refractivity contribution >= 4 is 35.2 Å². The maximum atomic E-state index is 12.2. The van der Waals surface area contributed by atoms with E-state index in [0.29, 0.717) is 11.7 Å². The highest BCUT2D eigenvalue weighted by Gasteiger charge is 2.22. The first-order chi connectivity index (χ1) is 13.4. The van der Waals surface area contributed by atoms with Crippen LogP contribution in [0.1, 0.15) is 43.2 Å². The first-order valence-corrected chi connectivity index (χ1v) is 10.9. The van der Waals surface area contributed by atoms with Crippen molar-refractivity contribution in [2.75, 3.05) is 30.5 Å². The fraction of sp³-hybridized carbons (Fsp3) is 0.571. The van der Waals surface area contributed by atoms with E-state index in [9.17, 15) is 14.4 Å². The topological polar surface area (TPSA) is 75.7 Å². The number of esters is 1. The van der Waals surface area contributed by atoms with Gasteiger partial charge in [0.1, 0.15) is 0 Å². The monoisotopic (exact) mass is 406 g/mol. The lowest BCUT2D eigenvalue weighted by molar-refractivity contribution is -0.144. The van der Waals surface area contributed by atoms with E-state index < -0.39 is 5.97 Å². The molecule has 1 saturated carbocycles. The van der Waals surface area contributed by atoms with E-state index in [2.05, 4.69) is 5.32 Å². The van der Waals surface area contributed by atoms with Gasteiger partial charge in [0.2, 0.25) is 5.91 Å². The highest BCUT2D eigenvalue weighted by atomic mass is 32.2. The van der Waals surface area contributed by atoms with Crippen molar-refractivity contribution in [3.8, 4) is 0 Å². The van der Waals surface area contributed by atoms with Gasteiger partial charge in [-0.1, -0.05) is 25.3 Å². The zero-order valence-corrected chi connectivity index (χ0v) is 17.8. The van der Waals surface area contributed by atoms with Gasteiger partial charge in [-0.15, -0.1) is 11.8 Å². The minimum absolute atomic E-state index is 0.0391. The summed E-state index contributed by atoms with van der Waals surface area (Å²) in [5.41, 5.74) is 2.90. The molecule has 1 aliphatic carbocycles. The highest BCUT2D eigenvalue weighted by Crippen LogP contribution is 2.22. The number of anilines is 1. The summed E-state index contributed by atoms with van der Waals surface area (Å²) < 4.78 is 4.99. The summed E-state index contributed by atoms with van der Waals surface area (Å²) >= 11 is 1.22. The van der Waals surface area contributed by atoms with Crippen LogP contribution in [0.2, 0.25) is 0 Å². The number of amides is 2. The molecule has 28 heavy (non-hydrogen) atoms. The van der Waals surface area contributed by atoms with Crippen LogP contribution >= 0.6 is 11.8 Å². The molecule has 2 rings (SSSR count). The van der Waals surface area contributed by atoms with Gasteiger partial charge >= 0.3 is 5.97 Å². The second-order valence-corrected chi connectivity index (χ2v) is 8.28. The summed E-state index contributed by atoms with van der Waals surface area (Å²) in [6.07, 6.45) is 5.71. The van der Waals surface area contributed by atoms with Gasteiger partial charge in [0.15, 0.2) is 6.61 Å². The van der Waals surface area contributed by atoms with Crippen LogP contribution in [0.25, 0.3) is 0 Å². The van der Waals surface area contributed by atoms with Crippen LogP contribution < -0.4 is 5.32 Å². The molecule has 0 aromatic heterocycles. The largest absolute Gasteiger partial charge is 0.455 e. The zero-order valence-electron chi connectivity index (χ0n) is 17.0. The van der Waals surface area contributed by atoms with Crippen molar-refractivity contribution in [2.45, 2.75) is 52.0 Å². The molecule has 154 valence electrons. The fourth-order valence-electron chi connectivity index (χ4n) is 3.20. The fourth-order valence-corrected chi connectivity index (χ4v) is 3.93. The van der Waals surface area contributed by atoms with Crippen molar-refractivity contribution in [1.29, 1.82) is 0 Å². The van der Waals surface area contributed by atoms with Gasteiger partial charge in [-0.2, -0.15) is 0 Å². The third-order valence-electron chi connectivity index (χ3n) is 5.12. The number of rotatable bonds is 8. The van der Waals surface area contributed by atoms with E-state index in [1.165, 1.54) is 31.0 Å². The molecule has 0 saturated heterocycles. The van der Waals surface area contributed by atoms with Gasteiger partial charge < -0.3 is 15.0 Å². The van der Waals surface area contributed by atoms with Crippen molar-refractivity contribution in [1.82, 2.24) is 4.90 Å². The second-order valence-electron chi connectivity index (χ2n) is 7.30. The molecule has 1 aliphatic rings. The predicted octanol–water partition coefficient (Wildman–Crippen LogP) is 3.31. The Balaban J connectivity index is 1.63. The van der Waals surface area contributed by atoms with E-state index in [1.807, 2.05) is 44.0 Å². The number of nitrogens with zero attached hydrogens (tertiary/aromatic N) is 1. The molecule has 0 bridgehead atoms. The number of hydrogen-bond donors (Lipinski definition) is 1. The molecule has 1 aromatic rings. The molecule has 0 unspecified atom stereocenters. The molecule has 6 nitrogen and oxygen atoms in total. The molecule has 0 radical (unpaired) electrons. The van der Waals surface area contributed by atoms with Crippen LogP contribution in [0, 0.1) is 13.8 Å². The number of aryl methyl sites for hydroxylation is 2. The lowest BCUT2D eigenvalue weighted by atomic mass is 9.94. The van der Waals surface area contributed by atoms with E-state index in [0.717, 1.165) is 24.0 Å². The lowest BCUT2D eigenvalue weighted by Crippen LogP contribution is -2.39. The number of ether oxygens (including phenoxy) is 1. The number of carbonyl (C=O) groups is 3. The van der Waals surface area contributed by atoms with Crippen molar-refractivity contribution in [3.05, 3.63) is 29.3 Å². The Bertz CT molecular complexity index is 702. The van der Waals surface area contributed by atoms with Gasteiger partial charge in [-0.05, 0) is 49.9 Å². The number of carbonyl (C=O) groups excluding carboxylic acids is 3. The van der Waals surface area contributed by atoms with Crippen LogP contribution in [-0.4, -0.2) is 53.9 Å². The maximum Gasteiger partial charge on any atom is 0.316 e. The average Bonchev–Trinajstić information content (AvgIpc) is 2.69. The molecule has 2 amide bonds. The summed E-state index contributed by atoms with van der Waals surface area (Å²) in [5, 5.41) is 2.71. The number of benzene rings is 1. The lowest BCUT2D eigenvalue weighted by Gasteiger charge is -2.31. The Kier molecular flexibility index (Phi) is 8.83. The van der Waals surface area contributed by atoms with E-state index in [1.54, 1.807) is 0 Å². The summed E-state index contributed by atoms with van der Waals surface area (Å²) in [4.78, 5) is 37.8. The van der Waals surface area contributed by atoms with Crippen LogP contribution in [0.4, 0.5) is 5.69 Å². The summed E-state index contributed by atoms with van der Waals surface area (Å²) in [5.74, 6) is -0.529. The maximum absolute atomic E-state index is 12.2. The second kappa shape index (κ2) is 11.1. The predicted molar refractivity (Wildman–Crippen MR) is 112 cm³/mol. The first kappa shape index (κ1) is 22.3. The first-order valence-electron chi connectivity index (χ1n) is 9.73. The van der Waals surface area contributed by atoms with Crippen LogP contribution in [0.15, 0.2) is 18.2 Å². The summed E-state index contributed by atoms with van der Waals surface area (Å²) in [7, 11) is 1.84. The van der Waals surface area contributed by atoms with Crippen molar-refractivity contribution < 1.29 is 19.1 Å². The van der Waals surface area contributed by atoms with Crippen molar-refractivity contribution in [3.63, 3.8) is 0 Å². The van der Waals surface area contributed by atoms with E-state index in [4.69, 9.17) is 4.74 Å². The Morgan fingerprint density at radius 3 is 2.50 bits per heavy atom. The van der Waals surface area contributed by atoms with Crippen LogP contribution in [0.5, 0.6) is 0 Å². The van der Waals surface area contributed by atoms with E-state index >= 15 is 0 Å². The number of hydrogen-bond acceptors (Lipinski definition) is 5. The van der Waals surface area contributed by atoms with Gasteiger partial charge in [0.05, 0.1) is 11.5 Å². The van der Waals surface area contributed by atoms with Crippen LogP contribution in [-0.2, 0) is 19.1 Å². The van der Waals surface area contributed by atoms with Gasteiger partial charge in [0.25, 0.3) is 5.91 Å². The Morgan fingerprint density at radius 2 is 1.82 bits per heavy atom. The molecule has 1 fully saturated rings. The molecule has 0 atom stereocenters. The van der Waals surface area contributed by atoms with Gasteiger partial charge in [-0.3, -0.25) is 14.4 Å². The molecule has 1 N–H and O–H groups in total. The molecule has 7 heteroatoms. The standard InChI is InChI=1S/C21H30N2O4S/c1-15-9-10-17(11-16(15)2)22-19(24)12-27-21(26)14-28-13-20(25)23(3)18-7-5-4-6-8-18/h9-11,18H,4-8,12-14H2,1-3H3,(H,22,24). The number of thioether (sulfide) groups is 1. The van der Waals surface area contributed by atoms with Gasteiger partial charge in [0, 0.05) is 18.8 Å². The molecule has 1 aromatic carbocycles. The highest BCUT2D eigenvalue weighted by molar-refractivity contribution is 8.00. The number of nitrogens with one attached hydrogen (secondary N) is 1. The van der Waals surface area contributed by atoms with Crippen LogP contribution in [0.3, 0.4) is 0 Å². The molecule has 0 spiro atoms. The normalized spacial score (nSPS) is 14.4. The quantitative estimate of drug-likeness (QED) is 0.671. The third kappa shape index (κ3) is 7.19. The zero-order chi connectivity index (χ0) is 20.5.